The molecule has 1 aliphatic carbocycles. The van der Waals surface area contributed by atoms with Crippen molar-refractivity contribution in [3.8, 4) is 0 Å². The highest BCUT2D eigenvalue weighted by Crippen LogP contribution is 2.28. The van der Waals surface area contributed by atoms with E-state index in [1.165, 1.54) is 6.42 Å². The molecule has 1 saturated carbocycles. The van der Waals surface area contributed by atoms with Crippen molar-refractivity contribution < 1.29 is 9.53 Å². The Kier molecular flexibility index (Phi) is 11.6. The predicted octanol–water partition coefficient (Wildman–Crippen LogP) is 0.436. The second-order valence-corrected chi connectivity index (χ2v) is 7.94. The smallest absolute Gasteiger partial charge is 0.225 e. The molecule has 2 heterocycles. The van der Waals surface area contributed by atoms with Gasteiger partial charge in [0, 0.05) is 71.4 Å². The van der Waals surface area contributed by atoms with Crippen LogP contribution in [0, 0.1) is 5.92 Å². The summed E-state index contributed by atoms with van der Waals surface area (Å²) in [4.78, 5) is 24.0. The van der Waals surface area contributed by atoms with Crippen molar-refractivity contribution in [3.05, 3.63) is 0 Å². The highest BCUT2D eigenvalue weighted by molar-refractivity contribution is 14.0. The predicted molar refractivity (Wildman–Crippen MR) is 127 cm³/mol. The Labute approximate surface area is 192 Å². The number of aliphatic imine (C=N–C) groups is 1. The second-order valence-electron chi connectivity index (χ2n) is 7.94. The average molecular weight is 522 g/mol. The van der Waals surface area contributed by atoms with E-state index >= 15 is 0 Å². The average Bonchev–Trinajstić information content (AvgIpc) is 2.68. The third-order valence-electron chi connectivity index (χ3n) is 5.99. The summed E-state index contributed by atoms with van der Waals surface area (Å²) < 4.78 is 5.39. The molecular formula is C20H39IN6O2. The number of guanidine groups is 1. The van der Waals surface area contributed by atoms with Gasteiger partial charge >= 0.3 is 0 Å². The molecule has 9 heteroatoms. The fourth-order valence-electron chi connectivity index (χ4n) is 3.91. The van der Waals surface area contributed by atoms with Crippen LogP contribution >= 0.6 is 24.0 Å². The Bertz CT molecular complexity index is 503. The molecule has 0 radical (unpaired) electrons. The first-order valence-electron chi connectivity index (χ1n) is 11.1. The van der Waals surface area contributed by atoms with Gasteiger partial charge in [-0.25, -0.2) is 0 Å². The van der Waals surface area contributed by atoms with Crippen LogP contribution in [0.1, 0.15) is 26.2 Å². The standard InChI is InChI=1S/C20H38N6O2.HI/c1-2-21-20(23-7-9-25-14-16-28-17-15-25)22-6-8-24-10-12-26(13-11-24)19(27)18-4-3-5-18;/h18H,2-17H2,1H3,(H2,21,22,23);1H. The third kappa shape index (κ3) is 8.18. The lowest BCUT2D eigenvalue weighted by molar-refractivity contribution is -0.139. The molecule has 3 aliphatic rings. The highest BCUT2D eigenvalue weighted by atomic mass is 127. The summed E-state index contributed by atoms with van der Waals surface area (Å²) >= 11 is 0. The van der Waals surface area contributed by atoms with Gasteiger partial charge in [-0.15, -0.1) is 24.0 Å². The Balaban J connectivity index is 0.00000300. The lowest BCUT2D eigenvalue weighted by Gasteiger charge is -2.38. The Morgan fingerprint density at radius 3 is 2.31 bits per heavy atom. The van der Waals surface area contributed by atoms with Gasteiger partial charge in [0.1, 0.15) is 0 Å². The maximum absolute atomic E-state index is 12.3. The first kappa shape index (κ1) is 24.6. The van der Waals surface area contributed by atoms with E-state index in [2.05, 4.69) is 32.3 Å². The molecule has 2 N–H and O–H groups in total. The topological polar surface area (TPSA) is 72.4 Å². The molecule has 0 aromatic heterocycles. The van der Waals surface area contributed by atoms with E-state index in [1.807, 2.05) is 0 Å². The lowest BCUT2D eigenvalue weighted by atomic mass is 9.84. The van der Waals surface area contributed by atoms with Gasteiger partial charge in [0.05, 0.1) is 19.8 Å². The van der Waals surface area contributed by atoms with Gasteiger partial charge in [0.2, 0.25) is 5.91 Å². The summed E-state index contributed by atoms with van der Waals surface area (Å²) in [6.07, 6.45) is 3.42. The molecule has 3 rings (SSSR count). The summed E-state index contributed by atoms with van der Waals surface area (Å²) in [6, 6.07) is 0. The molecule has 168 valence electrons. The molecule has 0 bridgehead atoms. The zero-order chi connectivity index (χ0) is 19.6. The maximum Gasteiger partial charge on any atom is 0.225 e. The number of amides is 1. The van der Waals surface area contributed by atoms with Gasteiger partial charge in [-0.3, -0.25) is 19.6 Å². The van der Waals surface area contributed by atoms with Crippen LogP contribution in [0.4, 0.5) is 0 Å². The van der Waals surface area contributed by atoms with Crippen LogP contribution in [-0.2, 0) is 9.53 Å². The van der Waals surface area contributed by atoms with E-state index in [0.29, 0.717) is 11.8 Å². The molecule has 0 spiro atoms. The largest absolute Gasteiger partial charge is 0.379 e. The first-order valence-corrected chi connectivity index (χ1v) is 11.1. The minimum atomic E-state index is 0. The van der Waals surface area contributed by atoms with Gasteiger partial charge in [-0.05, 0) is 19.8 Å². The summed E-state index contributed by atoms with van der Waals surface area (Å²) in [6.45, 7) is 14.0. The van der Waals surface area contributed by atoms with Gasteiger partial charge in [-0.1, -0.05) is 6.42 Å². The highest BCUT2D eigenvalue weighted by Gasteiger charge is 2.30. The van der Waals surface area contributed by atoms with Crippen molar-refractivity contribution in [3.63, 3.8) is 0 Å². The minimum Gasteiger partial charge on any atom is -0.379 e. The number of halogens is 1. The molecule has 29 heavy (non-hydrogen) atoms. The fourth-order valence-corrected chi connectivity index (χ4v) is 3.91. The van der Waals surface area contributed by atoms with Crippen LogP contribution < -0.4 is 10.6 Å². The monoisotopic (exact) mass is 522 g/mol. The minimum absolute atomic E-state index is 0. The number of rotatable bonds is 8. The maximum atomic E-state index is 12.3. The van der Waals surface area contributed by atoms with Crippen LogP contribution in [0.3, 0.4) is 0 Å². The molecule has 0 atom stereocenters. The number of piperazine rings is 1. The van der Waals surface area contributed by atoms with Crippen LogP contribution in [0.25, 0.3) is 0 Å². The fraction of sp³-hybridized carbons (Fsp3) is 0.900. The van der Waals surface area contributed by atoms with Crippen LogP contribution in [0.15, 0.2) is 4.99 Å². The molecule has 2 aliphatic heterocycles. The number of nitrogens with zero attached hydrogens (tertiary/aromatic N) is 4. The Morgan fingerprint density at radius 1 is 1.00 bits per heavy atom. The van der Waals surface area contributed by atoms with Crippen LogP contribution in [-0.4, -0.2) is 112 Å². The number of morpholine rings is 1. The van der Waals surface area contributed by atoms with Crippen molar-refractivity contribution in [1.82, 2.24) is 25.3 Å². The molecule has 1 amide bonds. The number of ether oxygens (including phenoxy) is 1. The SMILES string of the molecule is CCNC(=NCCN1CCN(C(=O)C2CCC2)CC1)NCCN1CCOCC1.I. The van der Waals surface area contributed by atoms with Gasteiger partial charge in [0.25, 0.3) is 0 Å². The van der Waals surface area contributed by atoms with Crippen molar-refractivity contribution in [2.45, 2.75) is 26.2 Å². The first-order chi connectivity index (χ1) is 13.8. The summed E-state index contributed by atoms with van der Waals surface area (Å²) in [5.41, 5.74) is 0. The summed E-state index contributed by atoms with van der Waals surface area (Å²) in [7, 11) is 0. The van der Waals surface area contributed by atoms with Crippen molar-refractivity contribution >= 4 is 35.8 Å². The molecule has 3 fully saturated rings. The van der Waals surface area contributed by atoms with Gasteiger partial charge < -0.3 is 20.3 Å². The number of nitrogens with one attached hydrogen (secondary N) is 2. The number of carbonyl (C=O) groups is 1. The van der Waals surface area contributed by atoms with Crippen molar-refractivity contribution in [2.24, 2.45) is 10.9 Å². The quantitative estimate of drug-likeness (QED) is 0.274. The lowest BCUT2D eigenvalue weighted by Crippen LogP contribution is -2.51. The molecule has 2 saturated heterocycles. The van der Waals surface area contributed by atoms with Gasteiger partial charge in [-0.2, -0.15) is 0 Å². The van der Waals surface area contributed by atoms with Gasteiger partial charge in [0.15, 0.2) is 5.96 Å². The van der Waals surface area contributed by atoms with Crippen LogP contribution in [0.5, 0.6) is 0 Å². The zero-order valence-corrected chi connectivity index (χ0v) is 20.2. The zero-order valence-electron chi connectivity index (χ0n) is 17.9. The number of hydrogen-bond donors (Lipinski definition) is 2. The Hall–Kier alpha value is -0.650. The molecule has 0 unspecified atom stereocenters. The summed E-state index contributed by atoms with van der Waals surface area (Å²) in [5, 5.41) is 6.77. The van der Waals surface area contributed by atoms with Crippen molar-refractivity contribution in [2.75, 3.05) is 85.2 Å². The van der Waals surface area contributed by atoms with Crippen LogP contribution in [0.2, 0.25) is 0 Å². The molecule has 0 aromatic carbocycles. The third-order valence-corrected chi connectivity index (χ3v) is 5.99. The van der Waals surface area contributed by atoms with E-state index in [4.69, 9.17) is 9.73 Å². The molecular weight excluding hydrogens is 483 g/mol. The normalized spacial score (nSPS) is 22.0. The molecule has 0 aromatic rings. The van der Waals surface area contributed by atoms with E-state index in [1.54, 1.807) is 0 Å². The molecule has 8 nitrogen and oxygen atoms in total. The number of hydrogen-bond acceptors (Lipinski definition) is 5. The van der Waals surface area contributed by atoms with E-state index in [0.717, 1.165) is 104 Å². The van der Waals surface area contributed by atoms with Crippen molar-refractivity contribution in [1.29, 1.82) is 0 Å². The second kappa shape index (κ2) is 13.6. The van der Waals surface area contributed by atoms with E-state index in [9.17, 15) is 4.79 Å². The number of carbonyl (C=O) groups excluding carboxylic acids is 1. The summed E-state index contributed by atoms with van der Waals surface area (Å²) in [5.74, 6) is 1.61. The Morgan fingerprint density at radius 2 is 1.69 bits per heavy atom. The van der Waals surface area contributed by atoms with E-state index in [-0.39, 0.29) is 24.0 Å². The van der Waals surface area contributed by atoms with E-state index < -0.39 is 0 Å².